The molecule has 2 heterocycles. The number of hydrogen-bond donors (Lipinski definition) is 0. The van der Waals surface area contributed by atoms with E-state index in [0.29, 0.717) is 0 Å². The molecule has 0 amide bonds. The SMILES string of the molecule is Cc1cn2ccccc2c1P(Cl)Cl. The van der Waals surface area contributed by atoms with Gasteiger partial charge in [0.25, 0.3) is 0 Å². The average molecular weight is 232 g/mol. The molecule has 0 saturated heterocycles. The van der Waals surface area contributed by atoms with Crippen LogP contribution in [-0.2, 0) is 0 Å². The normalized spacial score (nSPS) is 11.4. The van der Waals surface area contributed by atoms with Crippen LogP contribution < -0.4 is 5.30 Å². The van der Waals surface area contributed by atoms with Gasteiger partial charge in [0.2, 0.25) is 0 Å². The third kappa shape index (κ3) is 1.57. The first-order valence-corrected chi connectivity index (χ1v) is 7.03. The summed E-state index contributed by atoms with van der Waals surface area (Å²) >= 11 is 11.9. The van der Waals surface area contributed by atoms with Crippen molar-refractivity contribution in [1.29, 1.82) is 0 Å². The molecule has 0 fully saturated rings. The second kappa shape index (κ2) is 3.49. The minimum Gasteiger partial charge on any atom is -0.323 e. The topological polar surface area (TPSA) is 4.41 Å². The molecule has 0 aliphatic carbocycles. The van der Waals surface area contributed by atoms with Gasteiger partial charge in [-0.15, -0.1) is 0 Å². The second-order valence-corrected chi connectivity index (χ2v) is 6.35. The number of fused-ring (bicyclic) bond motifs is 1. The van der Waals surface area contributed by atoms with E-state index in [1.165, 1.54) is 0 Å². The van der Waals surface area contributed by atoms with Crippen LogP contribution in [0.3, 0.4) is 0 Å². The van der Waals surface area contributed by atoms with Crippen LogP contribution in [0.15, 0.2) is 30.6 Å². The second-order valence-electron chi connectivity index (χ2n) is 2.89. The Morgan fingerprint density at radius 2 is 2.08 bits per heavy atom. The van der Waals surface area contributed by atoms with E-state index in [2.05, 4.69) is 0 Å². The summed E-state index contributed by atoms with van der Waals surface area (Å²) < 4.78 is 2.05. The van der Waals surface area contributed by atoms with Crippen molar-refractivity contribution in [3.05, 3.63) is 36.2 Å². The molecule has 13 heavy (non-hydrogen) atoms. The largest absolute Gasteiger partial charge is 0.323 e. The monoisotopic (exact) mass is 231 g/mol. The standard InChI is InChI=1S/C9H8Cl2NP/c1-7-6-12-5-3-2-4-8(12)9(7)13(10)11/h2-6H,1H3. The first kappa shape index (κ1) is 9.33. The van der Waals surface area contributed by atoms with Crippen LogP contribution in [0.5, 0.6) is 0 Å². The van der Waals surface area contributed by atoms with E-state index in [1.807, 2.05) is 41.9 Å². The highest BCUT2D eigenvalue weighted by molar-refractivity contribution is 8.09. The lowest BCUT2D eigenvalue weighted by Crippen LogP contribution is -1.96. The predicted octanol–water partition coefficient (Wildman–Crippen LogP) is 3.66. The molecule has 0 aliphatic heterocycles. The molecule has 0 spiro atoms. The fourth-order valence-electron chi connectivity index (χ4n) is 1.46. The molecule has 0 aliphatic rings. The Balaban J connectivity index is 2.78. The van der Waals surface area contributed by atoms with Gasteiger partial charge in [-0.05, 0) is 24.6 Å². The zero-order valence-electron chi connectivity index (χ0n) is 7.04. The number of pyridine rings is 1. The molecule has 68 valence electrons. The molecule has 0 saturated carbocycles. The van der Waals surface area contributed by atoms with Crippen molar-refractivity contribution in [3.8, 4) is 0 Å². The highest BCUT2D eigenvalue weighted by Gasteiger charge is 2.13. The maximum atomic E-state index is 5.95. The lowest BCUT2D eigenvalue weighted by molar-refractivity contribution is 1.19. The maximum Gasteiger partial charge on any atom is 0.119 e. The van der Waals surface area contributed by atoms with E-state index in [0.717, 1.165) is 16.4 Å². The Morgan fingerprint density at radius 3 is 2.77 bits per heavy atom. The summed E-state index contributed by atoms with van der Waals surface area (Å²) in [7, 11) is 0. The van der Waals surface area contributed by atoms with Crippen LogP contribution in [0.4, 0.5) is 0 Å². The Morgan fingerprint density at radius 1 is 1.31 bits per heavy atom. The summed E-state index contributed by atoms with van der Waals surface area (Å²) in [6, 6.07) is 6.01. The number of rotatable bonds is 1. The van der Waals surface area contributed by atoms with Gasteiger partial charge in [-0.3, -0.25) is 0 Å². The van der Waals surface area contributed by atoms with E-state index in [4.69, 9.17) is 22.5 Å². The third-order valence-corrected chi connectivity index (χ3v) is 3.94. The van der Waals surface area contributed by atoms with Gasteiger partial charge >= 0.3 is 0 Å². The van der Waals surface area contributed by atoms with Crippen LogP contribution in [0.1, 0.15) is 5.56 Å². The smallest absolute Gasteiger partial charge is 0.119 e. The Labute approximate surface area is 87.6 Å². The van der Waals surface area contributed by atoms with Gasteiger partial charge in [0.15, 0.2) is 0 Å². The molecule has 0 radical (unpaired) electrons. The van der Waals surface area contributed by atoms with Gasteiger partial charge < -0.3 is 4.40 Å². The van der Waals surface area contributed by atoms with Gasteiger partial charge in [-0.2, -0.15) is 0 Å². The average Bonchev–Trinajstić information content (AvgIpc) is 2.39. The lowest BCUT2D eigenvalue weighted by atomic mass is 10.3. The summed E-state index contributed by atoms with van der Waals surface area (Å²) in [4.78, 5) is 0. The van der Waals surface area contributed by atoms with Gasteiger partial charge in [0, 0.05) is 17.7 Å². The quantitative estimate of drug-likeness (QED) is 0.661. The first-order valence-electron chi connectivity index (χ1n) is 3.88. The molecule has 2 aromatic rings. The summed E-state index contributed by atoms with van der Waals surface area (Å²) in [5, 5.41) is 1.07. The molecule has 0 bridgehead atoms. The van der Waals surface area contributed by atoms with Crippen LogP contribution in [0.25, 0.3) is 5.52 Å². The molecule has 1 nitrogen and oxygen atoms in total. The van der Waals surface area contributed by atoms with Gasteiger partial charge in [-0.25, -0.2) is 0 Å². The van der Waals surface area contributed by atoms with Crippen molar-refractivity contribution in [2.45, 2.75) is 6.92 Å². The van der Waals surface area contributed by atoms with Crippen LogP contribution in [0, 0.1) is 6.92 Å². The minimum atomic E-state index is -1.06. The Hall–Kier alpha value is -0.230. The molecule has 4 heteroatoms. The van der Waals surface area contributed by atoms with E-state index < -0.39 is 6.63 Å². The van der Waals surface area contributed by atoms with E-state index in [-0.39, 0.29) is 0 Å². The Kier molecular flexibility index (Phi) is 2.51. The molecule has 0 atom stereocenters. The molecule has 0 aromatic carbocycles. The van der Waals surface area contributed by atoms with Crippen molar-refractivity contribution < 1.29 is 0 Å². The number of aromatic nitrogens is 1. The van der Waals surface area contributed by atoms with E-state index in [9.17, 15) is 0 Å². The zero-order chi connectivity index (χ0) is 9.42. The van der Waals surface area contributed by atoms with Crippen LogP contribution in [0.2, 0.25) is 0 Å². The van der Waals surface area contributed by atoms with Crippen molar-refractivity contribution in [2.24, 2.45) is 0 Å². The van der Waals surface area contributed by atoms with Gasteiger partial charge in [0.1, 0.15) is 6.63 Å². The van der Waals surface area contributed by atoms with E-state index >= 15 is 0 Å². The zero-order valence-corrected chi connectivity index (χ0v) is 9.44. The van der Waals surface area contributed by atoms with E-state index in [1.54, 1.807) is 0 Å². The fraction of sp³-hybridized carbons (Fsp3) is 0.111. The molecule has 0 N–H and O–H groups in total. The maximum absolute atomic E-state index is 5.95. The number of nitrogens with zero attached hydrogens (tertiary/aromatic N) is 1. The highest BCUT2D eigenvalue weighted by atomic mass is 35.9. The minimum absolute atomic E-state index is 1.06. The van der Waals surface area contributed by atoms with Gasteiger partial charge in [0.05, 0.1) is 5.52 Å². The van der Waals surface area contributed by atoms with Crippen molar-refractivity contribution in [1.82, 2.24) is 4.40 Å². The number of aryl methyl sites for hydroxylation is 1. The summed E-state index contributed by atoms with van der Waals surface area (Å²) in [5.74, 6) is 0. The summed E-state index contributed by atoms with van der Waals surface area (Å²) in [6.07, 6.45) is 4.04. The molecule has 2 rings (SSSR count). The fourth-order valence-corrected chi connectivity index (χ4v) is 3.47. The third-order valence-electron chi connectivity index (χ3n) is 2.01. The number of hydrogen-bond acceptors (Lipinski definition) is 0. The van der Waals surface area contributed by atoms with Crippen molar-refractivity contribution >= 4 is 39.9 Å². The molecule has 2 aromatic heterocycles. The number of halogens is 2. The summed E-state index contributed by atoms with van der Waals surface area (Å²) in [5.41, 5.74) is 2.26. The summed E-state index contributed by atoms with van der Waals surface area (Å²) in [6.45, 7) is 0.975. The molecule has 0 unspecified atom stereocenters. The Bertz CT molecular complexity index is 436. The first-order chi connectivity index (χ1) is 6.20. The van der Waals surface area contributed by atoms with Crippen molar-refractivity contribution in [2.75, 3.05) is 0 Å². The lowest BCUT2D eigenvalue weighted by Gasteiger charge is -2.00. The van der Waals surface area contributed by atoms with Crippen LogP contribution >= 0.6 is 29.1 Å². The molecular weight excluding hydrogens is 224 g/mol. The predicted molar refractivity (Wildman–Crippen MR) is 60.4 cm³/mol. The van der Waals surface area contributed by atoms with Crippen LogP contribution in [-0.4, -0.2) is 4.40 Å². The van der Waals surface area contributed by atoms with Crippen molar-refractivity contribution in [3.63, 3.8) is 0 Å². The molecular formula is C9H8Cl2NP. The highest BCUT2D eigenvalue weighted by Crippen LogP contribution is 2.47. The van der Waals surface area contributed by atoms with Gasteiger partial charge in [-0.1, -0.05) is 28.5 Å².